The summed E-state index contributed by atoms with van der Waals surface area (Å²) in [6.07, 6.45) is 0.484. The minimum atomic E-state index is -0.309. The van der Waals surface area contributed by atoms with Crippen LogP contribution in [0.3, 0.4) is 0 Å². The fraction of sp³-hybridized carbons (Fsp3) is 0.0909. The second kappa shape index (κ2) is 7.33. The quantitative estimate of drug-likeness (QED) is 0.683. The molecule has 1 atom stereocenters. The monoisotopic (exact) mass is 357 g/mol. The lowest BCUT2D eigenvalue weighted by Gasteiger charge is -2.23. The molecule has 4 rings (SSSR count). The summed E-state index contributed by atoms with van der Waals surface area (Å²) >= 11 is 0. The first-order chi connectivity index (χ1) is 13.2. The van der Waals surface area contributed by atoms with Crippen LogP contribution in [0.5, 0.6) is 5.75 Å². The van der Waals surface area contributed by atoms with Crippen molar-refractivity contribution in [3.05, 3.63) is 90.5 Å². The van der Waals surface area contributed by atoms with Gasteiger partial charge in [0.2, 0.25) is 0 Å². The molecule has 1 aliphatic heterocycles. The molecule has 0 aromatic heterocycles. The van der Waals surface area contributed by atoms with E-state index in [0.29, 0.717) is 17.8 Å². The van der Waals surface area contributed by atoms with Crippen LogP contribution in [-0.4, -0.2) is 16.7 Å². The first kappa shape index (κ1) is 16.8. The van der Waals surface area contributed by atoms with Crippen LogP contribution >= 0.6 is 0 Å². The van der Waals surface area contributed by atoms with Crippen LogP contribution < -0.4 is 10.3 Å². The zero-order valence-electron chi connectivity index (χ0n) is 14.6. The highest BCUT2D eigenvalue weighted by Crippen LogP contribution is 2.35. The Kier molecular flexibility index (Phi) is 4.58. The van der Waals surface area contributed by atoms with Gasteiger partial charge in [0.05, 0.1) is 17.4 Å². The number of para-hydroxylation sites is 3. The van der Waals surface area contributed by atoms with Gasteiger partial charge in [0.25, 0.3) is 5.91 Å². The summed E-state index contributed by atoms with van der Waals surface area (Å²) in [7, 11) is 0. The molecule has 0 radical (unpaired) electrons. The second-order valence-electron chi connectivity index (χ2n) is 6.33. The number of phenolic OH excluding ortho intramolecular Hbond substituents is 1. The molecule has 1 aliphatic rings. The smallest absolute Gasteiger partial charge is 0.272 e. The number of nitrogens with one attached hydrogen (secondary N) is 1. The summed E-state index contributed by atoms with van der Waals surface area (Å²) in [6.45, 7) is 0. The maximum atomic E-state index is 12.7. The number of amides is 1. The van der Waals surface area contributed by atoms with E-state index in [4.69, 9.17) is 0 Å². The molecule has 0 saturated heterocycles. The fourth-order valence-electron chi connectivity index (χ4n) is 3.17. The number of hydrogen-bond acceptors (Lipinski definition) is 4. The van der Waals surface area contributed by atoms with Crippen LogP contribution in [0.1, 0.15) is 18.0 Å². The van der Waals surface area contributed by atoms with E-state index in [2.05, 4.69) is 10.4 Å². The minimum absolute atomic E-state index is 0.0315. The molecule has 0 bridgehead atoms. The molecule has 1 heterocycles. The van der Waals surface area contributed by atoms with Crippen molar-refractivity contribution in [2.45, 2.75) is 12.5 Å². The number of rotatable bonds is 4. The third kappa shape index (κ3) is 3.53. The van der Waals surface area contributed by atoms with Gasteiger partial charge in [0.15, 0.2) is 0 Å². The highest BCUT2D eigenvalue weighted by molar-refractivity contribution is 6.44. The summed E-state index contributed by atoms with van der Waals surface area (Å²) < 4.78 is 0. The Labute approximate surface area is 157 Å². The van der Waals surface area contributed by atoms with Gasteiger partial charge in [0, 0.05) is 6.42 Å². The molecule has 2 N–H and O–H groups in total. The Morgan fingerprint density at radius 3 is 2.26 bits per heavy atom. The highest BCUT2D eigenvalue weighted by atomic mass is 16.3. The molecule has 0 spiro atoms. The van der Waals surface area contributed by atoms with Crippen molar-refractivity contribution in [2.75, 3.05) is 10.3 Å². The van der Waals surface area contributed by atoms with Crippen LogP contribution in [-0.2, 0) is 4.79 Å². The Hall–Kier alpha value is -3.60. The first-order valence-electron chi connectivity index (χ1n) is 8.78. The zero-order valence-corrected chi connectivity index (χ0v) is 14.6. The van der Waals surface area contributed by atoms with Crippen molar-refractivity contribution in [3.63, 3.8) is 0 Å². The van der Waals surface area contributed by atoms with Gasteiger partial charge < -0.3 is 10.4 Å². The van der Waals surface area contributed by atoms with Crippen molar-refractivity contribution >= 4 is 23.0 Å². The van der Waals surface area contributed by atoms with Crippen molar-refractivity contribution < 1.29 is 9.90 Å². The number of phenols is 1. The molecule has 3 aromatic rings. The topological polar surface area (TPSA) is 64.9 Å². The summed E-state index contributed by atoms with van der Waals surface area (Å²) in [5.74, 6) is -0.278. The number of anilines is 2. The average Bonchev–Trinajstić information content (AvgIpc) is 3.17. The van der Waals surface area contributed by atoms with Crippen LogP contribution in [0.25, 0.3) is 0 Å². The Morgan fingerprint density at radius 2 is 1.56 bits per heavy atom. The van der Waals surface area contributed by atoms with Gasteiger partial charge in [-0.2, -0.15) is 5.10 Å². The molecular weight excluding hydrogens is 338 g/mol. The SMILES string of the molecule is O=C(Nc1ccccc1O)C1=NN(c2ccccc2)[C@H](c2ccccc2)C1. The molecule has 0 fully saturated rings. The molecule has 5 heteroatoms. The van der Waals surface area contributed by atoms with Gasteiger partial charge in [-0.3, -0.25) is 9.80 Å². The van der Waals surface area contributed by atoms with Crippen molar-refractivity contribution in [1.82, 2.24) is 0 Å². The van der Waals surface area contributed by atoms with Crippen molar-refractivity contribution in [1.29, 1.82) is 0 Å². The fourth-order valence-corrected chi connectivity index (χ4v) is 3.17. The summed E-state index contributed by atoms with van der Waals surface area (Å²) in [5, 5.41) is 19.1. The van der Waals surface area contributed by atoms with Gasteiger partial charge in [-0.25, -0.2) is 0 Å². The number of carbonyl (C=O) groups is 1. The number of hydrazone groups is 1. The normalized spacial score (nSPS) is 16.1. The maximum Gasteiger partial charge on any atom is 0.272 e. The number of carbonyl (C=O) groups excluding carboxylic acids is 1. The van der Waals surface area contributed by atoms with Crippen LogP contribution in [0.2, 0.25) is 0 Å². The van der Waals surface area contributed by atoms with E-state index in [1.165, 1.54) is 6.07 Å². The zero-order chi connectivity index (χ0) is 18.6. The standard InChI is InChI=1S/C22H19N3O2/c26-21-14-8-7-13-18(21)23-22(27)19-15-20(16-9-3-1-4-10-16)25(24-19)17-11-5-2-6-12-17/h1-14,20,26H,15H2,(H,23,27)/t20-/m0/s1. The molecular formula is C22H19N3O2. The molecule has 1 amide bonds. The highest BCUT2D eigenvalue weighted by Gasteiger charge is 2.32. The Morgan fingerprint density at radius 1 is 0.926 bits per heavy atom. The molecule has 134 valence electrons. The third-order valence-electron chi connectivity index (χ3n) is 4.53. The van der Waals surface area contributed by atoms with E-state index < -0.39 is 0 Å². The Bertz CT molecular complexity index is 971. The average molecular weight is 357 g/mol. The summed E-state index contributed by atoms with van der Waals surface area (Å²) in [5.41, 5.74) is 2.82. The number of nitrogens with zero attached hydrogens (tertiary/aromatic N) is 2. The van der Waals surface area contributed by atoms with E-state index in [1.54, 1.807) is 18.2 Å². The number of aromatic hydroxyl groups is 1. The predicted octanol–water partition coefficient (Wildman–Crippen LogP) is 4.34. The van der Waals surface area contributed by atoms with Gasteiger partial charge in [-0.15, -0.1) is 0 Å². The Balaban J connectivity index is 1.63. The van der Waals surface area contributed by atoms with Crippen molar-refractivity contribution in [2.24, 2.45) is 5.10 Å². The second-order valence-corrected chi connectivity index (χ2v) is 6.33. The largest absolute Gasteiger partial charge is 0.506 e. The van der Waals surface area contributed by atoms with Gasteiger partial charge in [-0.05, 0) is 29.8 Å². The summed E-state index contributed by atoms with van der Waals surface area (Å²) in [4.78, 5) is 12.7. The van der Waals surface area contributed by atoms with Gasteiger partial charge in [0.1, 0.15) is 11.5 Å². The van der Waals surface area contributed by atoms with Crippen molar-refractivity contribution in [3.8, 4) is 5.75 Å². The van der Waals surface area contributed by atoms with Crippen LogP contribution in [0, 0.1) is 0 Å². The van der Waals surface area contributed by atoms with E-state index in [9.17, 15) is 9.90 Å². The molecule has 0 aliphatic carbocycles. The molecule has 5 nitrogen and oxygen atoms in total. The lowest BCUT2D eigenvalue weighted by atomic mass is 10.0. The number of benzene rings is 3. The molecule has 3 aromatic carbocycles. The van der Waals surface area contributed by atoms with Gasteiger partial charge >= 0.3 is 0 Å². The van der Waals surface area contributed by atoms with E-state index in [-0.39, 0.29) is 17.7 Å². The van der Waals surface area contributed by atoms with Crippen LogP contribution in [0.4, 0.5) is 11.4 Å². The predicted molar refractivity (Wildman–Crippen MR) is 107 cm³/mol. The van der Waals surface area contributed by atoms with E-state index in [1.807, 2.05) is 65.7 Å². The van der Waals surface area contributed by atoms with E-state index in [0.717, 1.165) is 11.3 Å². The summed E-state index contributed by atoms with van der Waals surface area (Å²) in [6, 6.07) is 26.4. The maximum absolute atomic E-state index is 12.7. The first-order valence-corrected chi connectivity index (χ1v) is 8.78. The van der Waals surface area contributed by atoms with Gasteiger partial charge in [-0.1, -0.05) is 60.7 Å². The number of hydrogen-bond donors (Lipinski definition) is 2. The molecule has 27 heavy (non-hydrogen) atoms. The van der Waals surface area contributed by atoms with Crippen LogP contribution in [0.15, 0.2) is 90.0 Å². The van der Waals surface area contributed by atoms with E-state index >= 15 is 0 Å². The lowest BCUT2D eigenvalue weighted by molar-refractivity contribution is -0.110. The molecule has 0 unspecified atom stereocenters. The molecule has 0 saturated carbocycles. The lowest BCUT2D eigenvalue weighted by Crippen LogP contribution is -2.22. The minimum Gasteiger partial charge on any atom is -0.506 e. The third-order valence-corrected chi connectivity index (χ3v) is 4.53.